The molecule has 33 heavy (non-hydrogen) atoms. The predicted molar refractivity (Wildman–Crippen MR) is 130 cm³/mol. The van der Waals surface area contributed by atoms with Gasteiger partial charge in [-0.25, -0.2) is 0 Å². The molecular weight excluding hydrogens is 438 g/mol. The Labute approximate surface area is 198 Å². The first-order valence-electron chi connectivity index (χ1n) is 11.1. The number of halogens is 1. The highest BCUT2D eigenvalue weighted by Crippen LogP contribution is 2.37. The van der Waals surface area contributed by atoms with Crippen molar-refractivity contribution >= 4 is 45.8 Å². The molecule has 6 nitrogen and oxygen atoms in total. The van der Waals surface area contributed by atoms with Crippen LogP contribution in [0.4, 0.5) is 5.69 Å². The molecule has 1 aliphatic rings. The van der Waals surface area contributed by atoms with E-state index in [9.17, 15) is 14.4 Å². The molecule has 0 aliphatic carbocycles. The molecule has 0 radical (unpaired) electrons. The Morgan fingerprint density at radius 3 is 2.45 bits per heavy atom. The van der Waals surface area contributed by atoms with Crippen molar-refractivity contribution in [2.24, 2.45) is 0 Å². The van der Waals surface area contributed by atoms with E-state index in [2.05, 4.69) is 5.32 Å². The first-order chi connectivity index (χ1) is 15.9. The zero-order valence-corrected chi connectivity index (χ0v) is 19.4. The van der Waals surface area contributed by atoms with Crippen molar-refractivity contribution in [3.8, 4) is 0 Å². The van der Waals surface area contributed by atoms with Crippen molar-refractivity contribution < 1.29 is 14.4 Å². The molecular formula is C26H26ClN3O3. The normalized spacial score (nSPS) is 13.3. The molecule has 0 saturated carbocycles. The standard InChI is InChI=1S/C26H26ClN3O3/c1-3-14-28-25(32)17(2)29(15-18-10-12-20(27)13-11-18)23(31)16-30-22-9-5-7-19-6-4-8-21(24(19)22)26(30)33/h4-13,17H,3,14-16H2,1-2H3,(H,28,32)/t17-/m1/s1. The smallest absolute Gasteiger partial charge is 0.259 e. The minimum atomic E-state index is -0.699. The van der Waals surface area contributed by atoms with Crippen molar-refractivity contribution in [2.75, 3.05) is 18.0 Å². The number of benzene rings is 3. The van der Waals surface area contributed by atoms with E-state index in [1.165, 1.54) is 9.80 Å². The number of hydrogen-bond donors (Lipinski definition) is 1. The van der Waals surface area contributed by atoms with Gasteiger partial charge in [0.1, 0.15) is 12.6 Å². The van der Waals surface area contributed by atoms with Crippen molar-refractivity contribution in [3.05, 3.63) is 76.8 Å². The molecule has 170 valence electrons. The zero-order chi connectivity index (χ0) is 23.5. The summed E-state index contributed by atoms with van der Waals surface area (Å²) < 4.78 is 0. The van der Waals surface area contributed by atoms with Gasteiger partial charge in [-0.05, 0) is 48.6 Å². The van der Waals surface area contributed by atoms with Crippen molar-refractivity contribution in [1.29, 1.82) is 0 Å². The number of nitrogens with zero attached hydrogens (tertiary/aromatic N) is 2. The Bertz CT molecular complexity index is 1200. The molecule has 1 N–H and O–H groups in total. The Morgan fingerprint density at radius 1 is 1.06 bits per heavy atom. The molecule has 0 unspecified atom stereocenters. The van der Waals surface area contributed by atoms with Gasteiger partial charge in [0.25, 0.3) is 5.91 Å². The van der Waals surface area contributed by atoms with Gasteiger partial charge in [0.15, 0.2) is 0 Å². The fourth-order valence-electron chi connectivity index (χ4n) is 4.13. The quantitative estimate of drug-likeness (QED) is 0.538. The molecule has 3 aromatic rings. The molecule has 4 rings (SSSR count). The molecule has 3 aromatic carbocycles. The Hall–Kier alpha value is -3.38. The minimum absolute atomic E-state index is 0.147. The van der Waals surface area contributed by atoms with E-state index in [0.29, 0.717) is 17.1 Å². The highest BCUT2D eigenvalue weighted by molar-refractivity contribution is 6.30. The number of nitrogens with one attached hydrogen (secondary N) is 1. The van der Waals surface area contributed by atoms with Gasteiger partial charge in [-0.15, -0.1) is 0 Å². The molecule has 0 bridgehead atoms. The first kappa shape index (κ1) is 22.8. The molecule has 0 aromatic heterocycles. The van der Waals surface area contributed by atoms with Crippen LogP contribution in [0.1, 0.15) is 36.2 Å². The largest absolute Gasteiger partial charge is 0.354 e. The van der Waals surface area contributed by atoms with Crippen LogP contribution >= 0.6 is 11.6 Å². The Kier molecular flexibility index (Phi) is 6.65. The average Bonchev–Trinajstić information content (AvgIpc) is 3.09. The number of amides is 3. The molecule has 1 atom stereocenters. The summed E-state index contributed by atoms with van der Waals surface area (Å²) in [5.41, 5.74) is 2.16. The summed E-state index contributed by atoms with van der Waals surface area (Å²) >= 11 is 6.00. The summed E-state index contributed by atoms with van der Waals surface area (Å²) in [5, 5.41) is 5.27. The van der Waals surface area contributed by atoms with Gasteiger partial charge >= 0.3 is 0 Å². The van der Waals surface area contributed by atoms with Gasteiger partial charge in [0.05, 0.1) is 5.69 Å². The average molecular weight is 464 g/mol. The van der Waals surface area contributed by atoms with Crippen molar-refractivity contribution in [1.82, 2.24) is 10.2 Å². The lowest BCUT2D eigenvalue weighted by Gasteiger charge is -2.30. The van der Waals surface area contributed by atoms with E-state index in [1.54, 1.807) is 25.1 Å². The van der Waals surface area contributed by atoms with E-state index >= 15 is 0 Å². The van der Waals surface area contributed by atoms with Gasteiger partial charge in [-0.2, -0.15) is 0 Å². The van der Waals surface area contributed by atoms with Crippen LogP contribution in [0.15, 0.2) is 60.7 Å². The van der Waals surface area contributed by atoms with Crippen LogP contribution in [0.5, 0.6) is 0 Å². The number of carbonyl (C=O) groups is 3. The van der Waals surface area contributed by atoms with Crippen LogP contribution in [0.3, 0.4) is 0 Å². The van der Waals surface area contributed by atoms with Crippen molar-refractivity contribution in [3.63, 3.8) is 0 Å². The maximum Gasteiger partial charge on any atom is 0.259 e. The van der Waals surface area contributed by atoms with Gasteiger partial charge in [-0.3, -0.25) is 19.3 Å². The van der Waals surface area contributed by atoms with E-state index in [1.807, 2.05) is 49.4 Å². The first-order valence-corrected chi connectivity index (χ1v) is 11.4. The number of rotatable bonds is 8. The second-order valence-electron chi connectivity index (χ2n) is 8.19. The molecule has 1 heterocycles. The SMILES string of the molecule is CCCNC(=O)[C@@H](C)N(Cc1ccc(Cl)cc1)C(=O)CN1C(=O)c2cccc3cccc1c23. The monoisotopic (exact) mass is 463 g/mol. The lowest BCUT2D eigenvalue weighted by molar-refractivity contribution is -0.139. The van der Waals surface area contributed by atoms with E-state index in [4.69, 9.17) is 11.6 Å². The topological polar surface area (TPSA) is 69.7 Å². The van der Waals surface area contributed by atoms with E-state index in [0.717, 1.165) is 28.4 Å². The fraction of sp³-hybridized carbons (Fsp3) is 0.269. The summed E-state index contributed by atoms with van der Waals surface area (Å²) in [4.78, 5) is 42.4. The van der Waals surface area contributed by atoms with Crippen molar-refractivity contribution in [2.45, 2.75) is 32.9 Å². The third-order valence-electron chi connectivity index (χ3n) is 5.93. The maximum absolute atomic E-state index is 13.5. The van der Waals surface area contributed by atoms with Crippen LogP contribution in [0.25, 0.3) is 10.8 Å². The highest BCUT2D eigenvalue weighted by atomic mass is 35.5. The highest BCUT2D eigenvalue weighted by Gasteiger charge is 2.34. The van der Waals surface area contributed by atoms with Crippen LogP contribution in [-0.2, 0) is 16.1 Å². The summed E-state index contributed by atoms with van der Waals surface area (Å²) in [6.45, 7) is 4.30. The van der Waals surface area contributed by atoms with Crippen LogP contribution < -0.4 is 10.2 Å². The maximum atomic E-state index is 13.5. The third kappa shape index (κ3) is 4.57. The van der Waals surface area contributed by atoms with Gasteiger partial charge in [-0.1, -0.05) is 54.9 Å². The second-order valence-corrected chi connectivity index (χ2v) is 8.62. The lowest BCUT2D eigenvalue weighted by atomic mass is 10.1. The number of hydrogen-bond acceptors (Lipinski definition) is 3. The summed E-state index contributed by atoms with van der Waals surface area (Å²) in [6, 6.07) is 17.7. The summed E-state index contributed by atoms with van der Waals surface area (Å²) in [5.74, 6) is -0.732. The van der Waals surface area contributed by atoms with Crippen LogP contribution in [-0.4, -0.2) is 41.8 Å². The molecule has 1 aliphatic heterocycles. The summed E-state index contributed by atoms with van der Waals surface area (Å²) in [7, 11) is 0. The van der Waals surface area contributed by atoms with E-state index < -0.39 is 6.04 Å². The van der Waals surface area contributed by atoms with E-state index in [-0.39, 0.29) is 30.8 Å². The molecule has 3 amide bonds. The molecule has 0 fully saturated rings. The molecule has 7 heteroatoms. The Balaban J connectivity index is 1.61. The number of carbonyl (C=O) groups excluding carboxylic acids is 3. The molecule has 0 saturated heterocycles. The predicted octanol–water partition coefficient (Wildman–Crippen LogP) is 4.40. The fourth-order valence-corrected chi connectivity index (χ4v) is 4.25. The van der Waals surface area contributed by atoms with Gasteiger partial charge in [0, 0.05) is 29.1 Å². The summed E-state index contributed by atoms with van der Waals surface area (Å²) in [6.07, 6.45) is 0.800. The lowest BCUT2D eigenvalue weighted by Crippen LogP contribution is -2.51. The van der Waals surface area contributed by atoms with Crippen LogP contribution in [0, 0.1) is 0 Å². The number of anilines is 1. The Morgan fingerprint density at radius 2 is 1.76 bits per heavy atom. The molecule has 0 spiro atoms. The van der Waals surface area contributed by atoms with Gasteiger partial charge in [0.2, 0.25) is 11.8 Å². The second kappa shape index (κ2) is 9.63. The zero-order valence-electron chi connectivity index (χ0n) is 18.7. The van der Waals surface area contributed by atoms with Gasteiger partial charge < -0.3 is 10.2 Å². The van der Waals surface area contributed by atoms with Crippen LogP contribution in [0.2, 0.25) is 5.02 Å². The minimum Gasteiger partial charge on any atom is -0.354 e. The third-order valence-corrected chi connectivity index (χ3v) is 6.18.